The first-order valence-corrected chi connectivity index (χ1v) is 9.66. The van der Waals surface area contributed by atoms with E-state index in [9.17, 15) is 16.6 Å². The Morgan fingerprint density at radius 1 is 1.00 bits per heavy atom. The van der Waals surface area contributed by atoms with E-state index in [-0.39, 0.29) is 43.2 Å². The maximum absolute atomic E-state index is 12.5. The summed E-state index contributed by atoms with van der Waals surface area (Å²) in [6, 6.07) is 13.9. The van der Waals surface area contributed by atoms with E-state index >= 15 is 0 Å². The number of rotatable bonds is 3. The van der Waals surface area contributed by atoms with Gasteiger partial charge in [-0.2, -0.15) is 0 Å². The molecule has 2 aromatic carbocycles. The van der Waals surface area contributed by atoms with Crippen molar-refractivity contribution in [1.82, 2.24) is 0 Å². The fourth-order valence-electron chi connectivity index (χ4n) is 1.62. The zero-order chi connectivity index (χ0) is 13.2. The van der Waals surface area contributed by atoms with Crippen molar-refractivity contribution in [1.29, 1.82) is 0 Å². The van der Waals surface area contributed by atoms with Gasteiger partial charge in [-0.15, -0.1) is 0 Å². The Labute approximate surface area is 138 Å². The molecule has 94 valence electrons. The van der Waals surface area contributed by atoms with E-state index < -0.39 is 24.9 Å². The molecule has 7 heteroatoms. The van der Waals surface area contributed by atoms with Gasteiger partial charge in [-0.1, -0.05) is 0 Å². The largest absolute Gasteiger partial charge is 1.00 e. The van der Waals surface area contributed by atoms with Gasteiger partial charge in [0.25, 0.3) is 0 Å². The Kier molecular flexibility index (Phi) is 6.27. The van der Waals surface area contributed by atoms with Crippen molar-refractivity contribution < 1.29 is 46.2 Å². The normalized spacial score (nSPS) is 15.1. The summed E-state index contributed by atoms with van der Waals surface area (Å²) in [5.41, 5.74) is 0. The van der Waals surface area contributed by atoms with Gasteiger partial charge in [-0.3, -0.25) is 0 Å². The minimum Gasteiger partial charge on any atom is 1.00 e. The minimum absolute atomic E-state index is 0. The quantitative estimate of drug-likeness (QED) is 0.471. The van der Waals surface area contributed by atoms with Gasteiger partial charge in [-0.05, 0) is 0 Å². The summed E-state index contributed by atoms with van der Waals surface area (Å²) in [5, 5.41) is 0. The Hall–Kier alpha value is -0.132. The molecule has 0 radical (unpaired) electrons. The third-order valence-corrected chi connectivity index (χ3v) is 7.80. The molecule has 2 rings (SSSR count). The van der Waals surface area contributed by atoms with Crippen LogP contribution in [0.4, 0.5) is 0 Å². The van der Waals surface area contributed by atoms with E-state index in [4.69, 9.17) is 0 Å². The van der Waals surface area contributed by atoms with Gasteiger partial charge >= 0.3 is 139 Å². The molecule has 19 heavy (non-hydrogen) atoms. The minimum atomic E-state index is -4.59. The van der Waals surface area contributed by atoms with E-state index in [1.807, 2.05) is 0 Å². The molecule has 0 aliphatic carbocycles. The first kappa shape index (κ1) is 16.9. The fraction of sp³-hybridized carbons (Fsp3) is 0. The first-order chi connectivity index (χ1) is 8.53. The van der Waals surface area contributed by atoms with E-state index in [0.717, 1.165) is 0 Å². The molecular formula is C12H10AsNaO4S. The number of benzene rings is 2. The topological polar surface area (TPSA) is 77.4 Å². The van der Waals surface area contributed by atoms with Crippen molar-refractivity contribution >= 4 is 33.6 Å². The standard InChI is InChI=1S/C12H11AsO4S.Na/c14-13(15,10-6-2-1-3-7-10)11-8-4-5-9-12(11)18(16)17;/h1-9H,(H,14,15)(H,16,17);/q;+1/p-1. The van der Waals surface area contributed by atoms with Crippen LogP contribution in [0.25, 0.3) is 0 Å². The molecule has 0 saturated heterocycles. The van der Waals surface area contributed by atoms with Gasteiger partial charge in [0.15, 0.2) is 0 Å². The molecule has 0 saturated carbocycles. The zero-order valence-corrected chi connectivity index (χ0v) is 14.9. The van der Waals surface area contributed by atoms with Crippen molar-refractivity contribution in [2.75, 3.05) is 0 Å². The smallest absolute Gasteiger partial charge is 1.00 e. The van der Waals surface area contributed by atoms with E-state index in [2.05, 4.69) is 0 Å². The SMILES string of the molecule is O=S([O-])c1ccccc1[As](=O)(O)c1ccccc1.[Na+]. The average molecular weight is 348 g/mol. The van der Waals surface area contributed by atoms with Crippen molar-refractivity contribution in [2.45, 2.75) is 4.90 Å². The molecule has 2 aromatic rings. The van der Waals surface area contributed by atoms with Gasteiger partial charge in [0.05, 0.1) is 0 Å². The van der Waals surface area contributed by atoms with Crippen LogP contribution in [-0.4, -0.2) is 26.7 Å². The van der Waals surface area contributed by atoms with Crippen LogP contribution in [0, 0.1) is 0 Å². The number of hydrogen-bond acceptors (Lipinski definition) is 3. The molecule has 0 aliphatic heterocycles. The van der Waals surface area contributed by atoms with Crippen LogP contribution in [-0.2, 0) is 14.8 Å². The molecule has 0 bridgehead atoms. The summed E-state index contributed by atoms with van der Waals surface area (Å²) in [7, 11) is 0. The Morgan fingerprint density at radius 3 is 2.11 bits per heavy atom. The second-order valence-electron chi connectivity index (χ2n) is 3.61. The number of hydrogen-bond donors (Lipinski definition) is 1. The van der Waals surface area contributed by atoms with Crippen LogP contribution in [0.2, 0.25) is 0 Å². The Bertz CT molecular complexity index is 633. The monoisotopic (exact) mass is 348 g/mol. The summed E-state index contributed by atoms with van der Waals surface area (Å²) >= 11 is -7.12. The summed E-state index contributed by atoms with van der Waals surface area (Å²) in [6.07, 6.45) is 0. The predicted octanol–water partition coefficient (Wildman–Crippen LogP) is -3.09. The average Bonchev–Trinajstić information content (AvgIpc) is 2.39. The van der Waals surface area contributed by atoms with Gasteiger partial charge in [-0.25, -0.2) is 0 Å². The summed E-state index contributed by atoms with van der Waals surface area (Å²) in [4.78, 5) is -0.119. The molecule has 0 spiro atoms. The fourth-order valence-corrected chi connectivity index (χ4v) is 6.34. The Morgan fingerprint density at radius 2 is 1.53 bits per heavy atom. The maximum atomic E-state index is 12.5. The summed E-state index contributed by atoms with van der Waals surface area (Å²) in [6.45, 7) is 0. The third kappa shape index (κ3) is 3.70. The van der Waals surface area contributed by atoms with E-state index in [0.29, 0.717) is 0 Å². The molecule has 1 N–H and O–H groups in total. The van der Waals surface area contributed by atoms with Crippen LogP contribution < -0.4 is 38.3 Å². The summed E-state index contributed by atoms with van der Waals surface area (Å²) < 4.78 is 45.1. The molecule has 0 aliphatic rings. The van der Waals surface area contributed by atoms with Crippen LogP contribution in [0.1, 0.15) is 0 Å². The molecular weight excluding hydrogens is 338 g/mol. The Balaban J connectivity index is 0.00000180. The van der Waals surface area contributed by atoms with Crippen molar-refractivity contribution in [3.8, 4) is 0 Å². The maximum Gasteiger partial charge on any atom is 1.00 e. The van der Waals surface area contributed by atoms with Crippen LogP contribution >= 0.6 is 0 Å². The van der Waals surface area contributed by atoms with E-state index in [1.165, 1.54) is 30.3 Å². The molecule has 4 nitrogen and oxygen atoms in total. The molecule has 0 amide bonds. The molecule has 2 atom stereocenters. The molecule has 0 fully saturated rings. The van der Waals surface area contributed by atoms with Gasteiger partial charge in [0, 0.05) is 0 Å². The second-order valence-corrected chi connectivity index (χ2v) is 9.03. The van der Waals surface area contributed by atoms with Crippen LogP contribution in [0.15, 0.2) is 59.5 Å². The van der Waals surface area contributed by atoms with Crippen molar-refractivity contribution in [3.63, 3.8) is 0 Å². The van der Waals surface area contributed by atoms with Crippen LogP contribution in [0.5, 0.6) is 0 Å². The van der Waals surface area contributed by atoms with E-state index in [1.54, 1.807) is 24.3 Å². The van der Waals surface area contributed by atoms with Crippen molar-refractivity contribution in [2.24, 2.45) is 0 Å². The summed E-state index contributed by atoms with van der Waals surface area (Å²) in [5.74, 6) is 0. The third-order valence-electron chi connectivity index (χ3n) is 2.48. The predicted molar refractivity (Wildman–Crippen MR) is 68.0 cm³/mol. The van der Waals surface area contributed by atoms with Gasteiger partial charge in [0.1, 0.15) is 0 Å². The zero-order valence-electron chi connectivity index (χ0n) is 10.2. The molecule has 2 unspecified atom stereocenters. The molecule has 0 heterocycles. The van der Waals surface area contributed by atoms with Gasteiger partial charge < -0.3 is 0 Å². The van der Waals surface area contributed by atoms with Gasteiger partial charge in [0.2, 0.25) is 0 Å². The molecule has 0 aromatic heterocycles. The van der Waals surface area contributed by atoms with Crippen molar-refractivity contribution in [3.05, 3.63) is 54.6 Å². The van der Waals surface area contributed by atoms with Crippen LogP contribution in [0.3, 0.4) is 0 Å². The second kappa shape index (κ2) is 7.04. The first-order valence-electron chi connectivity index (χ1n) is 5.11.